The predicted molar refractivity (Wildman–Crippen MR) is 95.6 cm³/mol. The number of thiophene rings is 1. The number of carbonyl (C=O) groups is 2. The molecule has 1 N–H and O–H groups in total. The SMILES string of the molecule is Cc1ccc(NC(=O)COC(=O)c2cc3c(s2)CCC(C)C3)c(F)c1. The lowest BCUT2D eigenvalue weighted by molar-refractivity contribution is -0.119. The summed E-state index contributed by atoms with van der Waals surface area (Å²) in [5.74, 6) is -0.960. The molecule has 1 amide bonds. The number of carbonyl (C=O) groups excluding carboxylic acids is 2. The molecule has 0 fully saturated rings. The molecule has 1 heterocycles. The fourth-order valence-corrected chi connectivity index (χ4v) is 4.02. The van der Waals surface area contributed by atoms with E-state index in [9.17, 15) is 14.0 Å². The molecule has 0 saturated carbocycles. The number of rotatable bonds is 4. The number of anilines is 1. The summed E-state index contributed by atoms with van der Waals surface area (Å²) in [6, 6.07) is 6.38. The second-order valence-corrected chi connectivity index (χ2v) is 7.65. The third kappa shape index (κ3) is 4.25. The van der Waals surface area contributed by atoms with Gasteiger partial charge in [-0.15, -0.1) is 11.3 Å². The van der Waals surface area contributed by atoms with E-state index in [4.69, 9.17) is 4.74 Å². The van der Waals surface area contributed by atoms with Crippen LogP contribution in [0.3, 0.4) is 0 Å². The molecule has 1 unspecified atom stereocenters. The van der Waals surface area contributed by atoms with Gasteiger partial charge in [0.05, 0.1) is 5.69 Å². The van der Waals surface area contributed by atoms with Crippen LogP contribution in [0.4, 0.5) is 10.1 Å². The van der Waals surface area contributed by atoms with Crippen LogP contribution in [-0.4, -0.2) is 18.5 Å². The molecule has 1 atom stereocenters. The van der Waals surface area contributed by atoms with Crippen molar-refractivity contribution >= 4 is 28.9 Å². The minimum Gasteiger partial charge on any atom is -0.451 e. The molecule has 25 heavy (non-hydrogen) atoms. The number of nitrogens with one attached hydrogen (secondary N) is 1. The van der Waals surface area contributed by atoms with Gasteiger partial charge in [0, 0.05) is 4.88 Å². The smallest absolute Gasteiger partial charge is 0.348 e. The van der Waals surface area contributed by atoms with Crippen LogP contribution >= 0.6 is 11.3 Å². The first-order chi connectivity index (χ1) is 11.9. The Labute approximate surface area is 150 Å². The number of esters is 1. The van der Waals surface area contributed by atoms with Crippen molar-refractivity contribution < 1.29 is 18.7 Å². The Hall–Kier alpha value is -2.21. The average molecular weight is 361 g/mol. The lowest BCUT2D eigenvalue weighted by Crippen LogP contribution is -2.21. The Balaban J connectivity index is 1.56. The maximum absolute atomic E-state index is 13.7. The van der Waals surface area contributed by atoms with Crippen molar-refractivity contribution in [3.8, 4) is 0 Å². The third-order valence-electron chi connectivity index (χ3n) is 4.26. The Kier molecular flexibility index (Phi) is 5.18. The van der Waals surface area contributed by atoms with Crippen molar-refractivity contribution in [1.29, 1.82) is 0 Å². The Morgan fingerprint density at radius 1 is 1.36 bits per heavy atom. The molecule has 0 spiro atoms. The number of ether oxygens (including phenoxy) is 1. The molecule has 0 bridgehead atoms. The summed E-state index contributed by atoms with van der Waals surface area (Å²) in [5.41, 5.74) is 2.05. The highest BCUT2D eigenvalue weighted by molar-refractivity contribution is 7.14. The standard InChI is InChI=1S/C19H20FNO3S/c1-11-4-6-16-13(7-11)9-17(25-16)19(23)24-10-18(22)21-15-5-3-12(2)8-14(15)20/h3,5,8-9,11H,4,6-7,10H2,1-2H3,(H,21,22). The van der Waals surface area contributed by atoms with Crippen LogP contribution in [0, 0.1) is 18.7 Å². The van der Waals surface area contributed by atoms with Crippen LogP contribution in [0.2, 0.25) is 0 Å². The Morgan fingerprint density at radius 2 is 2.16 bits per heavy atom. The minimum atomic E-state index is -0.564. The number of hydrogen-bond donors (Lipinski definition) is 1. The van der Waals surface area contributed by atoms with Gasteiger partial charge in [-0.25, -0.2) is 9.18 Å². The lowest BCUT2D eigenvalue weighted by Gasteiger charge is -2.16. The molecule has 6 heteroatoms. The number of benzene rings is 1. The summed E-state index contributed by atoms with van der Waals surface area (Å²) in [6.07, 6.45) is 3.10. The average Bonchev–Trinajstić information content (AvgIpc) is 2.98. The number of halogens is 1. The van der Waals surface area contributed by atoms with E-state index in [0.717, 1.165) is 24.8 Å². The van der Waals surface area contributed by atoms with Gasteiger partial charge in [-0.1, -0.05) is 13.0 Å². The maximum atomic E-state index is 13.7. The molecule has 132 valence electrons. The Bertz CT molecular complexity index is 815. The van der Waals surface area contributed by atoms with Crippen molar-refractivity contribution in [3.63, 3.8) is 0 Å². The van der Waals surface area contributed by atoms with Crippen molar-refractivity contribution in [2.45, 2.75) is 33.1 Å². The van der Waals surface area contributed by atoms with E-state index in [1.165, 1.54) is 33.9 Å². The molecule has 0 radical (unpaired) electrons. The molecule has 0 aliphatic heterocycles. The van der Waals surface area contributed by atoms with Crippen molar-refractivity contribution in [3.05, 3.63) is 51.0 Å². The highest BCUT2D eigenvalue weighted by Crippen LogP contribution is 2.32. The van der Waals surface area contributed by atoms with E-state index < -0.39 is 24.3 Å². The van der Waals surface area contributed by atoms with Gasteiger partial charge >= 0.3 is 5.97 Å². The van der Waals surface area contributed by atoms with Gasteiger partial charge in [-0.2, -0.15) is 0 Å². The van der Waals surface area contributed by atoms with Gasteiger partial charge in [0.1, 0.15) is 10.7 Å². The Morgan fingerprint density at radius 3 is 2.92 bits per heavy atom. The highest BCUT2D eigenvalue weighted by atomic mass is 32.1. The summed E-state index contributed by atoms with van der Waals surface area (Å²) in [7, 11) is 0. The van der Waals surface area contributed by atoms with Crippen LogP contribution in [-0.2, 0) is 22.4 Å². The highest BCUT2D eigenvalue weighted by Gasteiger charge is 2.21. The quantitative estimate of drug-likeness (QED) is 0.834. The van der Waals surface area contributed by atoms with Gasteiger partial charge in [0.15, 0.2) is 6.61 Å². The van der Waals surface area contributed by atoms with E-state index in [1.54, 1.807) is 13.0 Å². The van der Waals surface area contributed by atoms with Crippen LogP contribution in [0.15, 0.2) is 24.3 Å². The van der Waals surface area contributed by atoms with Crippen LogP contribution < -0.4 is 5.32 Å². The monoisotopic (exact) mass is 361 g/mol. The lowest BCUT2D eigenvalue weighted by atomic mass is 9.90. The first-order valence-corrected chi connectivity index (χ1v) is 9.08. The summed E-state index contributed by atoms with van der Waals surface area (Å²) < 4.78 is 18.8. The zero-order valence-corrected chi connectivity index (χ0v) is 15.0. The largest absolute Gasteiger partial charge is 0.451 e. The zero-order valence-electron chi connectivity index (χ0n) is 14.2. The van der Waals surface area contributed by atoms with Crippen molar-refractivity contribution in [2.75, 3.05) is 11.9 Å². The van der Waals surface area contributed by atoms with Crippen molar-refractivity contribution in [1.82, 2.24) is 0 Å². The summed E-state index contributed by atoms with van der Waals surface area (Å²) in [4.78, 5) is 25.8. The summed E-state index contributed by atoms with van der Waals surface area (Å²) in [6.45, 7) is 3.52. The van der Waals surface area contributed by atoms with Crippen LogP contribution in [0.1, 0.15) is 39.0 Å². The molecule has 2 aromatic rings. The normalized spacial score (nSPS) is 16.2. The molecule has 0 saturated heterocycles. The van der Waals surface area contributed by atoms with Gasteiger partial charge in [0.25, 0.3) is 5.91 Å². The first kappa shape index (κ1) is 17.6. The fraction of sp³-hybridized carbons (Fsp3) is 0.368. The van der Waals surface area contributed by atoms with E-state index >= 15 is 0 Å². The van der Waals surface area contributed by atoms with E-state index in [-0.39, 0.29) is 5.69 Å². The molecule has 1 aliphatic carbocycles. The van der Waals surface area contributed by atoms with Crippen LogP contribution in [0.25, 0.3) is 0 Å². The molecule has 1 aromatic heterocycles. The molecule has 1 aromatic carbocycles. The van der Waals surface area contributed by atoms with Gasteiger partial charge in [-0.05, 0) is 61.4 Å². The van der Waals surface area contributed by atoms with Gasteiger partial charge < -0.3 is 10.1 Å². The molecule has 1 aliphatic rings. The summed E-state index contributed by atoms with van der Waals surface area (Å²) >= 11 is 1.44. The molecular weight excluding hydrogens is 341 g/mol. The van der Waals surface area contributed by atoms with Crippen LogP contribution in [0.5, 0.6) is 0 Å². The third-order valence-corrected chi connectivity index (χ3v) is 5.48. The van der Waals surface area contributed by atoms with Crippen molar-refractivity contribution in [2.24, 2.45) is 5.92 Å². The topological polar surface area (TPSA) is 55.4 Å². The second-order valence-electron chi connectivity index (χ2n) is 6.51. The number of aryl methyl sites for hydroxylation is 2. The molecule has 3 rings (SSSR count). The molecule has 4 nitrogen and oxygen atoms in total. The van der Waals surface area contributed by atoms with E-state index in [2.05, 4.69) is 12.2 Å². The predicted octanol–water partition coefficient (Wildman–Crippen LogP) is 4.12. The molecular formula is C19H20FNO3S. The summed E-state index contributed by atoms with van der Waals surface area (Å²) in [5, 5.41) is 2.41. The van der Waals surface area contributed by atoms with E-state index in [0.29, 0.717) is 10.8 Å². The first-order valence-electron chi connectivity index (χ1n) is 8.27. The van der Waals surface area contributed by atoms with Gasteiger partial charge in [-0.3, -0.25) is 4.79 Å². The minimum absolute atomic E-state index is 0.0761. The second kappa shape index (κ2) is 7.35. The van der Waals surface area contributed by atoms with E-state index in [1.807, 2.05) is 6.07 Å². The maximum Gasteiger partial charge on any atom is 0.348 e. The number of amides is 1. The number of hydrogen-bond acceptors (Lipinski definition) is 4. The zero-order chi connectivity index (χ0) is 18.0. The number of fused-ring (bicyclic) bond motifs is 1. The fourth-order valence-electron chi connectivity index (χ4n) is 2.92. The van der Waals surface area contributed by atoms with Gasteiger partial charge in [0.2, 0.25) is 0 Å².